The van der Waals surface area contributed by atoms with Gasteiger partial charge in [-0.2, -0.15) is 0 Å². The van der Waals surface area contributed by atoms with Crippen LogP contribution in [0.5, 0.6) is 5.75 Å². The zero-order valence-corrected chi connectivity index (χ0v) is 16.1. The van der Waals surface area contributed by atoms with Gasteiger partial charge in [-0.05, 0) is 29.0 Å². The largest absolute Gasteiger partial charge is 0.493 e. The second-order valence-corrected chi connectivity index (χ2v) is 8.57. The summed E-state index contributed by atoms with van der Waals surface area (Å²) in [6.45, 7) is 0.508. The molecule has 144 valence electrons. The third kappa shape index (κ3) is 3.80. The third-order valence-corrected chi connectivity index (χ3v) is 5.28. The highest BCUT2D eigenvalue weighted by Gasteiger charge is 2.24. The Morgan fingerprint density at radius 3 is 2.46 bits per heavy atom. The van der Waals surface area contributed by atoms with Crippen molar-refractivity contribution in [3.05, 3.63) is 71.8 Å². The quantitative estimate of drug-likeness (QED) is 0.707. The number of fused-ring (bicyclic) bond motifs is 2. The first-order valence-corrected chi connectivity index (χ1v) is 10.8. The maximum absolute atomic E-state index is 13.1. The van der Waals surface area contributed by atoms with E-state index in [1.165, 1.54) is 0 Å². The summed E-state index contributed by atoms with van der Waals surface area (Å²) < 4.78 is 31.7. The van der Waals surface area contributed by atoms with Crippen molar-refractivity contribution in [2.45, 2.75) is 12.5 Å². The molecule has 0 saturated carbocycles. The molecule has 28 heavy (non-hydrogen) atoms. The number of carbonyl (C=O) groups is 1. The van der Waals surface area contributed by atoms with E-state index in [2.05, 4.69) is 10.0 Å². The maximum Gasteiger partial charge on any atom is 0.253 e. The van der Waals surface area contributed by atoms with E-state index in [-0.39, 0.29) is 23.2 Å². The standard InChI is InChI=1S/C21H20N2O4S/c1-28(25,26)23-19-13-15-7-3-2-6-14(15)12-17(19)21(24)22-18-10-11-27-20-9-5-4-8-16(18)20/h2-9,12-13,18,23H,10-11H2,1H3,(H,22,24)/t18-/m1/s1. The summed E-state index contributed by atoms with van der Waals surface area (Å²) >= 11 is 0. The van der Waals surface area contributed by atoms with E-state index in [1.807, 2.05) is 48.5 Å². The number of nitrogens with one attached hydrogen (secondary N) is 2. The average molecular weight is 396 g/mol. The van der Waals surface area contributed by atoms with Gasteiger partial charge in [0.05, 0.1) is 30.2 Å². The van der Waals surface area contributed by atoms with Gasteiger partial charge in [0.15, 0.2) is 0 Å². The molecule has 1 atom stereocenters. The molecule has 0 aromatic heterocycles. The van der Waals surface area contributed by atoms with Crippen LogP contribution in [0.2, 0.25) is 0 Å². The van der Waals surface area contributed by atoms with Gasteiger partial charge in [0, 0.05) is 12.0 Å². The lowest BCUT2D eigenvalue weighted by molar-refractivity contribution is 0.0926. The Kier molecular flexibility index (Phi) is 4.68. The monoisotopic (exact) mass is 396 g/mol. The number of hydrogen-bond acceptors (Lipinski definition) is 4. The second-order valence-electron chi connectivity index (χ2n) is 6.82. The Balaban J connectivity index is 1.71. The molecule has 1 heterocycles. The Morgan fingerprint density at radius 1 is 1.04 bits per heavy atom. The van der Waals surface area contributed by atoms with Gasteiger partial charge in [-0.1, -0.05) is 42.5 Å². The smallest absolute Gasteiger partial charge is 0.253 e. The number of sulfonamides is 1. The van der Waals surface area contributed by atoms with Gasteiger partial charge < -0.3 is 10.1 Å². The summed E-state index contributed by atoms with van der Waals surface area (Å²) in [5.74, 6) is 0.422. The zero-order chi connectivity index (χ0) is 19.7. The lowest BCUT2D eigenvalue weighted by atomic mass is 9.99. The summed E-state index contributed by atoms with van der Waals surface area (Å²) in [4.78, 5) is 13.1. The van der Waals surface area contributed by atoms with Crippen LogP contribution in [-0.2, 0) is 10.0 Å². The van der Waals surface area contributed by atoms with Gasteiger partial charge >= 0.3 is 0 Å². The van der Waals surface area contributed by atoms with Crippen molar-refractivity contribution >= 4 is 32.4 Å². The minimum atomic E-state index is -3.53. The molecule has 6 nitrogen and oxygen atoms in total. The van der Waals surface area contributed by atoms with E-state index >= 15 is 0 Å². The topological polar surface area (TPSA) is 84.5 Å². The molecule has 4 rings (SSSR count). The third-order valence-electron chi connectivity index (χ3n) is 4.69. The Hall–Kier alpha value is -3.06. The minimum Gasteiger partial charge on any atom is -0.493 e. The summed E-state index contributed by atoms with van der Waals surface area (Å²) in [6.07, 6.45) is 1.71. The predicted molar refractivity (Wildman–Crippen MR) is 109 cm³/mol. The maximum atomic E-state index is 13.1. The number of ether oxygens (including phenoxy) is 1. The predicted octanol–water partition coefficient (Wildman–Crippen LogP) is 3.46. The van der Waals surface area contributed by atoms with Crippen molar-refractivity contribution in [2.75, 3.05) is 17.6 Å². The molecule has 1 amide bonds. The van der Waals surface area contributed by atoms with Crippen LogP contribution in [0.15, 0.2) is 60.7 Å². The van der Waals surface area contributed by atoms with Gasteiger partial charge in [0.25, 0.3) is 5.91 Å². The van der Waals surface area contributed by atoms with Crippen molar-refractivity contribution in [3.63, 3.8) is 0 Å². The van der Waals surface area contributed by atoms with Crippen LogP contribution in [0.3, 0.4) is 0 Å². The summed E-state index contributed by atoms with van der Waals surface area (Å²) in [5.41, 5.74) is 1.47. The summed E-state index contributed by atoms with van der Waals surface area (Å²) in [7, 11) is -3.53. The van der Waals surface area contributed by atoms with Crippen molar-refractivity contribution in [1.29, 1.82) is 0 Å². The summed E-state index contributed by atoms with van der Waals surface area (Å²) in [6, 6.07) is 18.3. The van der Waals surface area contributed by atoms with Crippen molar-refractivity contribution in [2.24, 2.45) is 0 Å². The molecule has 0 aliphatic carbocycles. The van der Waals surface area contributed by atoms with Gasteiger partial charge in [-0.3, -0.25) is 9.52 Å². The van der Waals surface area contributed by atoms with Gasteiger partial charge in [-0.15, -0.1) is 0 Å². The van der Waals surface area contributed by atoms with E-state index < -0.39 is 10.0 Å². The minimum absolute atomic E-state index is 0.199. The molecule has 7 heteroatoms. The molecule has 0 spiro atoms. The molecule has 1 aliphatic heterocycles. The highest BCUT2D eigenvalue weighted by Crippen LogP contribution is 2.32. The molecular weight excluding hydrogens is 376 g/mol. The van der Waals surface area contributed by atoms with E-state index in [0.29, 0.717) is 13.0 Å². The van der Waals surface area contributed by atoms with Crippen LogP contribution in [-0.4, -0.2) is 27.2 Å². The Labute approximate surface area is 163 Å². The summed E-state index contributed by atoms with van der Waals surface area (Å²) in [5, 5.41) is 4.74. The number of para-hydroxylation sites is 1. The van der Waals surface area contributed by atoms with Crippen molar-refractivity contribution < 1.29 is 17.9 Å². The SMILES string of the molecule is CS(=O)(=O)Nc1cc2ccccc2cc1C(=O)N[C@@H]1CCOc2ccccc21. The zero-order valence-electron chi connectivity index (χ0n) is 15.3. The van der Waals surface area contributed by atoms with Gasteiger partial charge in [0.1, 0.15) is 5.75 Å². The van der Waals surface area contributed by atoms with Crippen molar-refractivity contribution in [1.82, 2.24) is 5.32 Å². The normalized spacial score (nSPS) is 16.1. The fourth-order valence-corrected chi connectivity index (χ4v) is 4.01. The van der Waals surface area contributed by atoms with Crippen LogP contribution < -0.4 is 14.8 Å². The first kappa shape index (κ1) is 18.3. The molecule has 2 N–H and O–H groups in total. The highest BCUT2D eigenvalue weighted by atomic mass is 32.2. The molecule has 3 aromatic rings. The van der Waals surface area contributed by atoms with Gasteiger partial charge in [0.2, 0.25) is 10.0 Å². The molecule has 3 aromatic carbocycles. The fourth-order valence-electron chi connectivity index (χ4n) is 3.44. The van der Waals surface area contributed by atoms with E-state index in [4.69, 9.17) is 4.74 Å². The molecule has 0 saturated heterocycles. The molecule has 0 bridgehead atoms. The van der Waals surface area contributed by atoms with Crippen LogP contribution in [0.1, 0.15) is 28.4 Å². The number of hydrogen-bond donors (Lipinski definition) is 2. The number of anilines is 1. The van der Waals surface area contributed by atoms with Crippen LogP contribution in [0.4, 0.5) is 5.69 Å². The molecule has 0 unspecified atom stereocenters. The number of carbonyl (C=O) groups excluding carboxylic acids is 1. The van der Waals surface area contributed by atoms with Crippen LogP contribution in [0, 0.1) is 0 Å². The van der Waals surface area contributed by atoms with E-state index in [9.17, 15) is 13.2 Å². The van der Waals surface area contributed by atoms with E-state index in [0.717, 1.165) is 28.3 Å². The van der Waals surface area contributed by atoms with Gasteiger partial charge in [-0.25, -0.2) is 8.42 Å². The van der Waals surface area contributed by atoms with Crippen LogP contribution >= 0.6 is 0 Å². The van der Waals surface area contributed by atoms with Crippen molar-refractivity contribution in [3.8, 4) is 5.75 Å². The molecule has 0 radical (unpaired) electrons. The molecule has 1 aliphatic rings. The number of rotatable bonds is 4. The lowest BCUT2D eigenvalue weighted by Gasteiger charge is -2.27. The second kappa shape index (κ2) is 7.16. The Bertz CT molecular complexity index is 1160. The Morgan fingerprint density at radius 2 is 1.71 bits per heavy atom. The fraction of sp³-hybridized carbons (Fsp3) is 0.190. The van der Waals surface area contributed by atoms with E-state index in [1.54, 1.807) is 12.1 Å². The number of amides is 1. The lowest BCUT2D eigenvalue weighted by Crippen LogP contribution is -2.32. The highest BCUT2D eigenvalue weighted by molar-refractivity contribution is 7.92. The molecule has 0 fully saturated rings. The van der Waals surface area contributed by atoms with Crippen LogP contribution in [0.25, 0.3) is 10.8 Å². The number of benzene rings is 3. The average Bonchev–Trinajstić information content (AvgIpc) is 2.66. The molecular formula is C21H20N2O4S. The first-order valence-electron chi connectivity index (χ1n) is 8.94. The first-order chi connectivity index (χ1) is 13.4.